The van der Waals surface area contributed by atoms with Gasteiger partial charge in [-0.25, -0.2) is 0 Å². The van der Waals surface area contributed by atoms with Crippen LogP contribution >= 0.6 is 0 Å². The summed E-state index contributed by atoms with van der Waals surface area (Å²) in [4.78, 5) is 0. The minimum Gasteiger partial charge on any atom is -0.103 e. The van der Waals surface area contributed by atoms with E-state index in [4.69, 9.17) is 0 Å². The van der Waals surface area contributed by atoms with E-state index in [0.29, 0.717) is 0 Å². The molecule has 0 aliphatic carbocycles. The van der Waals surface area contributed by atoms with Gasteiger partial charge >= 0.3 is 0 Å². The Morgan fingerprint density at radius 1 is 1.40 bits per heavy atom. The van der Waals surface area contributed by atoms with Gasteiger partial charge in [0.15, 0.2) is 0 Å². The van der Waals surface area contributed by atoms with Gasteiger partial charge in [0.05, 0.1) is 0 Å². The van der Waals surface area contributed by atoms with Crippen molar-refractivity contribution >= 4 is 0 Å². The first kappa shape index (κ1) is 9.48. The van der Waals surface area contributed by atoms with Crippen LogP contribution in [-0.4, -0.2) is 0 Å². The van der Waals surface area contributed by atoms with E-state index in [-0.39, 0.29) is 0 Å². The topological polar surface area (TPSA) is 0 Å². The summed E-state index contributed by atoms with van der Waals surface area (Å²) in [6, 6.07) is 0. The van der Waals surface area contributed by atoms with E-state index in [2.05, 4.69) is 26.5 Å². The molecule has 0 saturated heterocycles. The molecule has 0 radical (unpaired) electrons. The largest absolute Gasteiger partial charge is 0.103 e. The third-order valence-corrected chi connectivity index (χ3v) is 1.51. The van der Waals surface area contributed by atoms with E-state index in [1.54, 1.807) is 0 Å². The quantitative estimate of drug-likeness (QED) is 0.401. The van der Waals surface area contributed by atoms with Gasteiger partial charge in [0.25, 0.3) is 0 Å². The highest BCUT2D eigenvalue weighted by atomic mass is 13.9. The predicted octanol–water partition coefficient (Wildman–Crippen LogP) is 3.70. The first-order valence-electron chi connectivity index (χ1n) is 4.07. The normalized spacial score (nSPS) is 11.6. The van der Waals surface area contributed by atoms with Gasteiger partial charge in [0, 0.05) is 0 Å². The van der Waals surface area contributed by atoms with Gasteiger partial charge < -0.3 is 0 Å². The van der Waals surface area contributed by atoms with E-state index >= 15 is 0 Å². The summed E-state index contributed by atoms with van der Waals surface area (Å²) in [5.41, 5.74) is 1.52. The van der Waals surface area contributed by atoms with Crippen molar-refractivity contribution < 1.29 is 0 Å². The Hall–Kier alpha value is -0.520. The average Bonchev–Trinajstić information content (AvgIpc) is 1.89. The predicted molar refractivity (Wildman–Crippen MR) is 48.1 cm³/mol. The van der Waals surface area contributed by atoms with Crippen molar-refractivity contribution in [3.63, 3.8) is 0 Å². The van der Waals surface area contributed by atoms with Crippen LogP contribution in [0.2, 0.25) is 0 Å². The third-order valence-electron chi connectivity index (χ3n) is 1.51. The summed E-state index contributed by atoms with van der Waals surface area (Å²) in [5, 5.41) is 0. The summed E-state index contributed by atoms with van der Waals surface area (Å²) in [7, 11) is 0. The molecule has 0 saturated carbocycles. The van der Waals surface area contributed by atoms with Crippen LogP contribution in [0.4, 0.5) is 0 Å². The molecule has 0 aliphatic heterocycles. The standard InChI is InChI=1S/C10H18/c1-4-6-7-9-10(3)8-5-2/h4,9H,1,5-8H2,2-3H3. The van der Waals surface area contributed by atoms with Crippen LogP contribution < -0.4 is 0 Å². The second-order valence-corrected chi connectivity index (χ2v) is 2.67. The van der Waals surface area contributed by atoms with Gasteiger partial charge in [-0.1, -0.05) is 31.1 Å². The van der Waals surface area contributed by atoms with Gasteiger partial charge in [0.2, 0.25) is 0 Å². The Morgan fingerprint density at radius 2 is 2.10 bits per heavy atom. The number of hydrogen-bond donors (Lipinski definition) is 0. The molecule has 0 bridgehead atoms. The van der Waals surface area contributed by atoms with Crippen LogP contribution in [0, 0.1) is 0 Å². The van der Waals surface area contributed by atoms with E-state index in [9.17, 15) is 0 Å². The van der Waals surface area contributed by atoms with Gasteiger partial charge in [-0.3, -0.25) is 0 Å². The SMILES string of the molecule is C=CCCC=C(C)CCC. The molecule has 0 rings (SSSR count). The molecule has 0 fully saturated rings. The Bertz CT molecular complexity index is 109. The van der Waals surface area contributed by atoms with Crippen LogP contribution in [0.3, 0.4) is 0 Å². The highest BCUT2D eigenvalue weighted by Gasteiger charge is 1.84. The lowest BCUT2D eigenvalue weighted by Crippen LogP contribution is -1.74. The second kappa shape index (κ2) is 6.60. The fourth-order valence-corrected chi connectivity index (χ4v) is 0.944. The molecule has 0 unspecified atom stereocenters. The van der Waals surface area contributed by atoms with Crippen LogP contribution in [-0.2, 0) is 0 Å². The maximum atomic E-state index is 3.67. The van der Waals surface area contributed by atoms with Crippen LogP contribution in [0.15, 0.2) is 24.3 Å². The zero-order valence-electron chi connectivity index (χ0n) is 7.19. The Morgan fingerprint density at radius 3 is 2.60 bits per heavy atom. The Balaban J connectivity index is 3.36. The molecule has 0 nitrogen and oxygen atoms in total. The molecule has 0 aromatic rings. The molecule has 0 heteroatoms. The van der Waals surface area contributed by atoms with Crippen molar-refractivity contribution in [1.82, 2.24) is 0 Å². The minimum atomic E-state index is 1.11. The van der Waals surface area contributed by atoms with Crippen molar-refractivity contribution in [2.24, 2.45) is 0 Å². The van der Waals surface area contributed by atoms with Crippen molar-refractivity contribution in [2.75, 3.05) is 0 Å². The van der Waals surface area contributed by atoms with Crippen LogP contribution in [0.25, 0.3) is 0 Å². The van der Waals surface area contributed by atoms with E-state index < -0.39 is 0 Å². The van der Waals surface area contributed by atoms with Gasteiger partial charge in [-0.15, -0.1) is 6.58 Å². The molecule has 58 valence electrons. The lowest BCUT2D eigenvalue weighted by Gasteiger charge is -1.95. The molecule has 10 heavy (non-hydrogen) atoms. The molecule has 0 heterocycles. The lowest BCUT2D eigenvalue weighted by molar-refractivity contribution is 0.889. The van der Waals surface area contributed by atoms with Crippen molar-refractivity contribution in [3.05, 3.63) is 24.3 Å². The van der Waals surface area contributed by atoms with E-state index in [0.717, 1.165) is 12.8 Å². The van der Waals surface area contributed by atoms with E-state index in [1.165, 1.54) is 18.4 Å². The summed E-state index contributed by atoms with van der Waals surface area (Å²) in [5.74, 6) is 0. The molecular formula is C10H18. The molecular weight excluding hydrogens is 120 g/mol. The molecule has 0 aromatic carbocycles. The summed E-state index contributed by atoms with van der Waals surface area (Å²) < 4.78 is 0. The first-order chi connectivity index (χ1) is 4.81. The number of hydrogen-bond acceptors (Lipinski definition) is 0. The fraction of sp³-hybridized carbons (Fsp3) is 0.600. The zero-order chi connectivity index (χ0) is 7.82. The average molecular weight is 138 g/mol. The van der Waals surface area contributed by atoms with Crippen molar-refractivity contribution in [1.29, 1.82) is 0 Å². The summed E-state index contributed by atoms with van der Waals surface area (Å²) in [6.07, 6.45) is 9.06. The molecule has 0 amide bonds. The smallest absolute Gasteiger partial charge is 0.0314 e. The zero-order valence-corrected chi connectivity index (χ0v) is 7.19. The molecule has 0 aromatic heterocycles. The highest BCUT2D eigenvalue weighted by molar-refractivity contribution is 4.97. The fourth-order valence-electron chi connectivity index (χ4n) is 0.944. The molecule has 0 atom stereocenters. The maximum Gasteiger partial charge on any atom is -0.0314 e. The molecule has 0 aliphatic rings. The Kier molecular flexibility index (Phi) is 6.25. The van der Waals surface area contributed by atoms with Gasteiger partial charge in [0.1, 0.15) is 0 Å². The molecule has 0 N–H and O–H groups in total. The summed E-state index contributed by atoms with van der Waals surface area (Å²) >= 11 is 0. The van der Waals surface area contributed by atoms with Crippen molar-refractivity contribution in [2.45, 2.75) is 39.5 Å². The number of rotatable bonds is 5. The van der Waals surface area contributed by atoms with Crippen LogP contribution in [0.5, 0.6) is 0 Å². The Labute approximate surface area is 64.6 Å². The monoisotopic (exact) mass is 138 g/mol. The minimum absolute atomic E-state index is 1.11. The highest BCUT2D eigenvalue weighted by Crippen LogP contribution is 2.05. The second-order valence-electron chi connectivity index (χ2n) is 2.67. The maximum absolute atomic E-state index is 3.67. The third kappa shape index (κ3) is 5.61. The van der Waals surface area contributed by atoms with Gasteiger partial charge in [-0.2, -0.15) is 0 Å². The summed E-state index contributed by atoms with van der Waals surface area (Å²) in [6.45, 7) is 8.09. The molecule has 0 spiro atoms. The van der Waals surface area contributed by atoms with E-state index in [1.807, 2.05) is 6.08 Å². The van der Waals surface area contributed by atoms with Crippen LogP contribution in [0.1, 0.15) is 39.5 Å². The first-order valence-corrected chi connectivity index (χ1v) is 4.07. The van der Waals surface area contributed by atoms with Crippen molar-refractivity contribution in [3.8, 4) is 0 Å². The number of unbranched alkanes of at least 4 members (excludes halogenated alkanes) is 1. The number of allylic oxidation sites excluding steroid dienone is 3. The van der Waals surface area contributed by atoms with Gasteiger partial charge in [-0.05, 0) is 26.2 Å². The lowest BCUT2D eigenvalue weighted by atomic mass is 10.1.